The summed E-state index contributed by atoms with van der Waals surface area (Å²) in [5.74, 6) is 0.268. The molecule has 0 spiro atoms. The minimum atomic E-state index is 0.268. The highest BCUT2D eigenvalue weighted by Gasteiger charge is 2.02. The normalized spacial score (nSPS) is 10.2. The summed E-state index contributed by atoms with van der Waals surface area (Å²) in [7, 11) is 0. The molecule has 76 valence electrons. The first kappa shape index (κ1) is 9.59. The van der Waals surface area contributed by atoms with Crippen molar-refractivity contribution in [3.05, 3.63) is 48.0 Å². The average molecular weight is 199 g/mol. The van der Waals surface area contributed by atoms with Crippen LogP contribution in [0.1, 0.15) is 5.56 Å². The topological polar surface area (TPSA) is 46.2 Å². The van der Waals surface area contributed by atoms with Gasteiger partial charge in [-0.25, -0.2) is 0 Å². The van der Waals surface area contributed by atoms with Crippen LogP contribution >= 0.6 is 0 Å². The van der Waals surface area contributed by atoms with Crippen molar-refractivity contribution in [2.75, 3.05) is 5.73 Å². The van der Waals surface area contributed by atoms with E-state index in [4.69, 9.17) is 5.73 Å². The van der Waals surface area contributed by atoms with E-state index in [1.54, 1.807) is 12.1 Å². The number of hydrogen-bond donors (Lipinski definition) is 2. The molecule has 0 aromatic heterocycles. The van der Waals surface area contributed by atoms with Gasteiger partial charge in [0, 0.05) is 11.3 Å². The first-order valence-corrected chi connectivity index (χ1v) is 4.82. The van der Waals surface area contributed by atoms with Crippen molar-refractivity contribution in [2.45, 2.75) is 6.92 Å². The van der Waals surface area contributed by atoms with Crippen LogP contribution in [-0.2, 0) is 0 Å². The molecule has 3 N–H and O–H groups in total. The Hall–Kier alpha value is -1.96. The summed E-state index contributed by atoms with van der Waals surface area (Å²) >= 11 is 0. The van der Waals surface area contributed by atoms with Crippen LogP contribution in [0, 0.1) is 6.92 Å². The molecule has 2 aromatic rings. The number of rotatable bonds is 1. The number of phenolic OH excluding ortho intramolecular Hbond substituents is 1. The monoisotopic (exact) mass is 199 g/mol. The van der Waals surface area contributed by atoms with Gasteiger partial charge in [-0.3, -0.25) is 0 Å². The van der Waals surface area contributed by atoms with Crippen LogP contribution in [0.2, 0.25) is 0 Å². The summed E-state index contributed by atoms with van der Waals surface area (Å²) in [6, 6.07) is 13.0. The van der Waals surface area contributed by atoms with Crippen molar-refractivity contribution in [1.29, 1.82) is 0 Å². The van der Waals surface area contributed by atoms with E-state index < -0.39 is 0 Å². The molecule has 15 heavy (non-hydrogen) atoms. The predicted molar refractivity (Wildman–Crippen MR) is 62.7 cm³/mol. The predicted octanol–water partition coefficient (Wildman–Crippen LogP) is 2.95. The van der Waals surface area contributed by atoms with E-state index in [1.807, 2.05) is 37.3 Å². The van der Waals surface area contributed by atoms with E-state index in [9.17, 15) is 5.11 Å². The Morgan fingerprint density at radius 3 is 2.33 bits per heavy atom. The fraction of sp³-hybridized carbons (Fsp3) is 0.0769. The van der Waals surface area contributed by atoms with E-state index in [0.29, 0.717) is 0 Å². The summed E-state index contributed by atoms with van der Waals surface area (Å²) in [6.45, 7) is 2.03. The van der Waals surface area contributed by atoms with Crippen LogP contribution in [0.25, 0.3) is 11.1 Å². The molecule has 2 rings (SSSR count). The second kappa shape index (κ2) is 3.65. The highest BCUT2D eigenvalue weighted by atomic mass is 16.3. The summed E-state index contributed by atoms with van der Waals surface area (Å²) in [5.41, 5.74) is 9.86. The molecule has 0 aliphatic heterocycles. The molecule has 0 radical (unpaired) electrons. The largest absolute Gasteiger partial charge is 0.508 e. The number of phenols is 1. The van der Waals surface area contributed by atoms with Crippen LogP contribution < -0.4 is 5.73 Å². The molecule has 0 unspecified atom stereocenters. The number of nitrogens with two attached hydrogens (primary N) is 1. The van der Waals surface area contributed by atoms with Crippen molar-refractivity contribution in [3.63, 3.8) is 0 Å². The summed E-state index contributed by atoms with van der Waals surface area (Å²) in [6.07, 6.45) is 0. The molecule has 0 heterocycles. The molecule has 0 aliphatic rings. The van der Waals surface area contributed by atoms with Crippen LogP contribution in [0.5, 0.6) is 5.75 Å². The zero-order valence-electron chi connectivity index (χ0n) is 8.57. The number of aromatic hydroxyl groups is 1. The Kier molecular flexibility index (Phi) is 2.34. The molecule has 0 saturated carbocycles. The Labute approximate surface area is 89.0 Å². The number of benzene rings is 2. The summed E-state index contributed by atoms with van der Waals surface area (Å²) in [5, 5.41) is 9.20. The minimum absolute atomic E-state index is 0.268. The lowest BCUT2D eigenvalue weighted by Gasteiger charge is -2.07. The maximum atomic E-state index is 9.20. The van der Waals surface area contributed by atoms with Gasteiger partial charge in [-0.1, -0.05) is 23.8 Å². The first-order chi connectivity index (χ1) is 7.16. The van der Waals surface area contributed by atoms with Gasteiger partial charge in [0.1, 0.15) is 5.75 Å². The zero-order chi connectivity index (χ0) is 10.8. The van der Waals surface area contributed by atoms with Gasteiger partial charge in [0.15, 0.2) is 0 Å². The summed E-state index contributed by atoms with van der Waals surface area (Å²) in [4.78, 5) is 0. The maximum absolute atomic E-state index is 9.20. The van der Waals surface area contributed by atoms with Crippen molar-refractivity contribution >= 4 is 5.69 Å². The van der Waals surface area contributed by atoms with Crippen molar-refractivity contribution < 1.29 is 5.11 Å². The third-order valence-corrected chi connectivity index (χ3v) is 2.39. The van der Waals surface area contributed by atoms with E-state index in [-0.39, 0.29) is 5.75 Å². The standard InChI is InChI=1S/C13H13NO/c1-9-2-7-13(14)12(8-9)10-3-5-11(15)6-4-10/h2-8,15H,14H2,1H3. The van der Waals surface area contributed by atoms with Gasteiger partial charge in [0.2, 0.25) is 0 Å². The van der Waals surface area contributed by atoms with E-state index in [2.05, 4.69) is 0 Å². The molecule has 2 aromatic carbocycles. The molecular weight excluding hydrogens is 186 g/mol. The van der Waals surface area contributed by atoms with Gasteiger partial charge in [-0.2, -0.15) is 0 Å². The zero-order valence-corrected chi connectivity index (χ0v) is 8.57. The second-order valence-electron chi connectivity index (χ2n) is 3.64. The number of nitrogen functional groups attached to an aromatic ring is 1. The lowest BCUT2D eigenvalue weighted by Crippen LogP contribution is -1.90. The highest BCUT2D eigenvalue weighted by molar-refractivity contribution is 5.77. The molecular formula is C13H13NO. The fourth-order valence-corrected chi connectivity index (χ4v) is 1.56. The van der Waals surface area contributed by atoms with Gasteiger partial charge in [-0.15, -0.1) is 0 Å². The molecule has 0 amide bonds. The number of anilines is 1. The minimum Gasteiger partial charge on any atom is -0.508 e. The molecule has 0 bridgehead atoms. The van der Waals surface area contributed by atoms with E-state index in [1.165, 1.54) is 5.56 Å². The van der Waals surface area contributed by atoms with E-state index >= 15 is 0 Å². The van der Waals surface area contributed by atoms with Gasteiger partial charge in [0.05, 0.1) is 0 Å². The number of hydrogen-bond acceptors (Lipinski definition) is 2. The molecule has 2 nitrogen and oxygen atoms in total. The van der Waals surface area contributed by atoms with Crippen LogP contribution in [-0.4, -0.2) is 5.11 Å². The van der Waals surface area contributed by atoms with Crippen LogP contribution in [0.15, 0.2) is 42.5 Å². The highest BCUT2D eigenvalue weighted by Crippen LogP contribution is 2.27. The van der Waals surface area contributed by atoms with Crippen molar-refractivity contribution in [2.24, 2.45) is 0 Å². The van der Waals surface area contributed by atoms with Gasteiger partial charge < -0.3 is 10.8 Å². The molecule has 0 aliphatic carbocycles. The summed E-state index contributed by atoms with van der Waals surface area (Å²) < 4.78 is 0. The fourth-order valence-electron chi connectivity index (χ4n) is 1.56. The first-order valence-electron chi connectivity index (χ1n) is 4.82. The third kappa shape index (κ3) is 1.94. The Morgan fingerprint density at radius 1 is 1.00 bits per heavy atom. The number of aryl methyl sites for hydroxylation is 1. The maximum Gasteiger partial charge on any atom is 0.115 e. The van der Waals surface area contributed by atoms with Crippen molar-refractivity contribution in [3.8, 4) is 16.9 Å². The Bertz CT molecular complexity index is 474. The smallest absolute Gasteiger partial charge is 0.115 e. The molecule has 0 atom stereocenters. The third-order valence-electron chi connectivity index (χ3n) is 2.39. The van der Waals surface area contributed by atoms with Gasteiger partial charge >= 0.3 is 0 Å². The van der Waals surface area contributed by atoms with Gasteiger partial charge in [0.25, 0.3) is 0 Å². The van der Waals surface area contributed by atoms with E-state index in [0.717, 1.165) is 16.8 Å². The second-order valence-corrected chi connectivity index (χ2v) is 3.64. The van der Waals surface area contributed by atoms with Crippen LogP contribution in [0.3, 0.4) is 0 Å². The molecule has 0 fully saturated rings. The van der Waals surface area contributed by atoms with Crippen molar-refractivity contribution in [1.82, 2.24) is 0 Å². The average Bonchev–Trinajstić information content (AvgIpc) is 2.23. The molecule has 0 saturated heterocycles. The molecule has 2 heteroatoms. The lowest BCUT2D eigenvalue weighted by atomic mass is 10.0. The SMILES string of the molecule is Cc1ccc(N)c(-c2ccc(O)cc2)c1. The Balaban J connectivity index is 2.53. The Morgan fingerprint density at radius 2 is 1.67 bits per heavy atom. The van der Waals surface area contributed by atoms with Gasteiger partial charge in [-0.05, 0) is 36.8 Å². The lowest BCUT2D eigenvalue weighted by molar-refractivity contribution is 0.475. The van der Waals surface area contributed by atoms with Crippen LogP contribution in [0.4, 0.5) is 5.69 Å². The quantitative estimate of drug-likeness (QED) is 0.693.